The number of methoxy groups -OCH3 is 1. The number of nitrogens with one attached hydrogen (secondary N) is 1. The van der Waals surface area contributed by atoms with Gasteiger partial charge in [0.05, 0.1) is 29.0 Å². The molecule has 2 heterocycles. The maximum absolute atomic E-state index is 14.7. The van der Waals surface area contributed by atoms with Crippen LogP contribution in [0.5, 0.6) is 0 Å². The number of pyridine rings is 2. The Morgan fingerprint density at radius 1 is 1.12 bits per heavy atom. The van der Waals surface area contributed by atoms with E-state index in [0.717, 1.165) is 48.5 Å². The number of nitrogens with zero attached hydrogens (tertiary/aromatic N) is 3. The minimum absolute atomic E-state index is 0.187. The second-order valence-electron chi connectivity index (χ2n) is 9.26. The fourth-order valence-electron chi connectivity index (χ4n) is 4.96. The molecule has 0 saturated heterocycles. The molecule has 4 rings (SSSR count). The van der Waals surface area contributed by atoms with Crippen molar-refractivity contribution >= 4 is 16.6 Å². The van der Waals surface area contributed by atoms with Gasteiger partial charge in [-0.15, -0.1) is 0 Å². The Labute approximate surface area is 198 Å². The number of hydrogen-bond acceptors (Lipinski definition) is 5. The summed E-state index contributed by atoms with van der Waals surface area (Å²) in [4.78, 5) is 11.4. The highest BCUT2D eigenvalue weighted by Gasteiger charge is 2.39. The van der Waals surface area contributed by atoms with Crippen molar-refractivity contribution in [3.63, 3.8) is 0 Å². The average molecular weight is 473 g/mol. The number of anilines is 1. The molecule has 0 amide bonds. The van der Waals surface area contributed by atoms with Gasteiger partial charge in [-0.1, -0.05) is 18.2 Å². The van der Waals surface area contributed by atoms with Crippen molar-refractivity contribution < 1.29 is 17.9 Å². The van der Waals surface area contributed by atoms with E-state index in [2.05, 4.69) is 29.3 Å². The number of benzene rings is 1. The van der Waals surface area contributed by atoms with Crippen molar-refractivity contribution in [1.29, 1.82) is 0 Å². The normalized spacial score (nSPS) is 21.9. The topological polar surface area (TPSA) is 50.3 Å². The van der Waals surface area contributed by atoms with Crippen LogP contribution in [-0.4, -0.2) is 42.1 Å². The molecule has 3 aromatic rings. The summed E-state index contributed by atoms with van der Waals surface area (Å²) in [5, 5.41) is 4.12. The number of hydrogen-bond donors (Lipinski definition) is 1. The van der Waals surface area contributed by atoms with Gasteiger partial charge >= 0.3 is 0 Å². The molecule has 0 unspecified atom stereocenters. The van der Waals surface area contributed by atoms with Crippen molar-refractivity contribution in [3.8, 4) is 0 Å². The molecule has 182 valence electrons. The third-order valence-corrected chi connectivity index (χ3v) is 7.11. The molecule has 8 heteroatoms. The lowest BCUT2D eigenvalue weighted by Gasteiger charge is -2.40. The summed E-state index contributed by atoms with van der Waals surface area (Å²) in [6, 6.07) is 7.87. The summed E-state index contributed by atoms with van der Waals surface area (Å²) in [6.45, 7) is 1.75. The molecule has 1 saturated carbocycles. The van der Waals surface area contributed by atoms with E-state index >= 15 is 0 Å². The van der Waals surface area contributed by atoms with Crippen LogP contribution in [0.15, 0.2) is 42.7 Å². The highest BCUT2D eigenvalue weighted by atomic mass is 19.3. The Morgan fingerprint density at radius 2 is 1.82 bits per heavy atom. The van der Waals surface area contributed by atoms with E-state index in [4.69, 9.17) is 9.72 Å². The molecule has 1 fully saturated rings. The van der Waals surface area contributed by atoms with Gasteiger partial charge in [0.2, 0.25) is 0 Å². The van der Waals surface area contributed by atoms with Crippen LogP contribution in [0.4, 0.5) is 18.9 Å². The van der Waals surface area contributed by atoms with Crippen LogP contribution in [0.3, 0.4) is 0 Å². The monoisotopic (exact) mass is 472 g/mol. The van der Waals surface area contributed by atoms with Crippen molar-refractivity contribution in [2.45, 2.75) is 56.7 Å². The van der Waals surface area contributed by atoms with Gasteiger partial charge in [0.1, 0.15) is 11.4 Å². The van der Waals surface area contributed by atoms with Gasteiger partial charge < -0.3 is 15.0 Å². The molecule has 1 aliphatic rings. The first-order chi connectivity index (χ1) is 16.3. The molecule has 1 atom stereocenters. The third-order valence-electron chi connectivity index (χ3n) is 7.11. The van der Waals surface area contributed by atoms with E-state index in [1.54, 1.807) is 32.5 Å². The first-order valence-corrected chi connectivity index (χ1v) is 11.6. The van der Waals surface area contributed by atoms with Gasteiger partial charge in [0.15, 0.2) is 0 Å². The Kier molecular flexibility index (Phi) is 7.09. The van der Waals surface area contributed by atoms with Crippen molar-refractivity contribution in [1.82, 2.24) is 14.9 Å². The SMILES string of the molecule is COC1(c2cc3c(N[C@H](C)c4cccc(C(F)F)c4F)ccnc3cn2)CCC(N(C)C)CC1. The second-order valence-corrected chi connectivity index (χ2v) is 9.26. The van der Waals surface area contributed by atoms with E-state index in [9.17, 15) is 13.2 Å². The summed E-state index contributed by atoms with van der Waals surface area (Å²) >= 11 is 0. The summed E-state index contributed by atoms with van der Waals surface area (Å²) < 4.78 is 47.1. The maximum atomic E-state index is 14.7. The number of halogens is 3. The van der Waals surface area contributed by atoms with Gasteiger partial charge in [-0.2, -0.15) is 0 Å². The second kappa shape index (κ2) is 9.88. The van der Waals surface area contributed by atoms with Gasteiger partial charge in [0.25, 0.3) is 6.43 Å². The number of alkyl halides is 2. The van der Waals surface area contributed by atoms with E-state index in [0.29, 0.717) is 11.6 Å². The largest absolute Gasteiger partial charge is 0.378 e. The molecule has 0 bridgehead atoms. The quantitative estimate of drug-likeness (QED) is 0.442. The Hall–Kier alpha value is -2.71. The average Bonchev–Trinajstić information content (AvgIpc) is 2.83. The van der Waals surface area contributed by atoms with E-state index < -0.39 is 29.4 Å². The molecule has 1 aliphatic carbocycles. The standard InChI is InChI=1S/C26H31F3N4O/c1-16(18-6-5-7-19(24(18)27)25(28)29)32-21-10-13-30-22-15-31-23(14-20(21)22)26(34-4)11-8-17(9-12-26)33(2)3/h5-7,10,13-17,25H,8-9,11-12H2,1-4H3,(H,30,32)/t16-,17?,26?/m1/s1. The molecule has 2 aromatic heterocycles. The lowest BCUT2D eigenvalue weighted by molar-refractivity contribution is -0.0603. The molecule has 1 aromatic carbocycles. The Balaban J connectivity index is 1.66. The summed E-state index contributed by atoms with van der Waals surface area (Å²) in [6.07, 6.45) is 4.25. The predicted octanol–water partition coefficient (Wildman–Crippen LogP) is 6.23. The zero-order valence-electron chi connectivity index (χ0n) is 20.0. The minimum Gasteiger partial charge on any atom is -0.378 e. The molecule has 1 N–H and O–H groups in total. The van der Waals surface area contributed by atoms with E-state index in [-0.39, 0.29) is 5.56 Å². The van der Waals surface area contributed by atoms with Crippen LogP contribution >= 0.6 is 0 Å². The fraction of sp³-hybridized carbons (Fsp3) is 0.462. The molecule has 0 radical (unpaired) electrons. The smallest absolute Gasteiger partial charge is 0.266 e. The number of rotatable bonds is 7. The number of ether oxygens (including phenoxy) is 1. The predicted molar refractivity (Wildman–Crippen MR) is 128 cm³/mol. The van der Waals surface area contributed by atoms with Crippen molar-refractivity contribution in [3.05, 3.63) is 65.4 Å². The van der Waals surface area contributed by atoms with Crippen LogP contribution in [0, 0.1) is 5.82 Å². The lowest BCUT2D eigenvalue weighted by atomic mass is 9.79. The van der Waals surface area contributed by atoms with Gasteiger partial charge in [-0.3, -0.25) is 9.97 Å². The third kappa shape index (κ3) is 4.61. The van der Waals surface area contributed by atoms with Gasteiger partial charge in [0, 0.05) is 36.0 Å². The first-order valence-electron chi connectivity index (χ1n) is 11.6. The molecule has 34 heavy (non-hydrogen) atoms. The van der Waals surface area contributed by atoms with Crippen LogP contribution in [-0.2, 0) is 10.3 Å². The fourth-order valence-corrected chi connectivity index (χ4v) is 4.96. The molecule has 0 spiro atoms. The molecular formula is C26H31F3N4O. The van der Waals surface area contributed by atoms with Crippen LogP contribution in [0.2, 0.25) is 0 Å². The maximum Gasteiger partial charge on any atom is 0.266 e. The Morgan fingerprint density at radius 3 is 2.47 bits per heavy atom. The zero-order valence-corrected chi connectivity index (χ0v) is 20.0. The Bertz CT molecular complexity index is 1150. The minimum atomic E-state index is -2.87. The van der Waals surface area contributed by atoms with Crippen LogP contribution < -0.4 is 5.32 Å². The summed E-state index contributed by atoms with van der Waals surface area (Å²) in [7, 11) is 5.93. The highest BCUT2D eigenvalue weighted by molar-refractivity contribution is 5.91. The van der Waals surface area contributed by atoms with Gasteiger partial charge in [-0.25, -0.2) is 13.2 Å². The van der Waals surface area contributed by atoms with Crippen molar-refractivity contribution in [2.24, 2.45) is 0 Å². The zero-order chi connectivity index (χ0) is 24.5. The highest BCUT2D eigenvalue weighted by Crippen LogP contribution is 2.41. The van der Waals surface area contributed by atoms with Crippen LogP contribution in [0.1, 0.15) is 61.9 Å². The van der Waals surface area contributed by atoms with Crippen molar-refractivity contribution in [2.75, 3.05) is 26.5 Å². The molecule has 5 nitrogen and oxygen atoms in total. The molecular weight excluding hydrogens is 441 g/mol. The summed E-state index contributed by atoms with van der Waals surface area (Å²) in [5.41, 5.74) is 1.39. The van der Waals surface area contributed by atoms with Gasteiger partial charge in [-0.05, 0) is 58.8 Å². The summed E-state index contributed by atoms with van der Waals surface area (Å²) in [5.74, 6) is -0.880. The first kappa shape index (κ1) is 24.4. The van der Waals surface area contributed by atoms with E-state index in [1.807, 2.05) is 6.07 Å². The van der Waals surface area contributed by atoms with Crippen LogP contribution in [0.25, 0.3) is 10.9 Å². The van der Waals surface area contributed by atoms with E-state index in [1.165, 1.54) is 12.1 Å². The number of fused-ring (bicyclic) bond motifs is 1. The lowest BCUT2D eigenvalue weighted by Crippen LogP contribution is -2.40. The number of aromatic nitrogens is 2. The molecule has 0 aliphatic heterocycles.